The molecule has 1 aliphatic rings. The van der Waals surface area contributed by atoms with Gasteiger partial charge in [-0.25, -0.2) is 14.8 Å². The lowest BCUT2D eigenvalue weighted by Gasteiger charge is -2.18. The van der Waals surface area contributed by atoms with Gasteiger partial charge in [0.2, 0.25) is 5.95 Å². The lowest BCUT2D eigenvalue weighted by atomic mass is 10.2. The number of aromatic nitrogens is 3. The second-order valence-electron chi connectivity index (χ2n) is 6.08. The number of rotatable bonds is 3. The summed E-state index contributed by atoms with van der Waals surface area (Å²) in [6.07, 6.45) is 1.44. The van der Waals surface area contributed by atoms with Crippen LogP contribution in [0.5, 0.6) is 0 Å². The lowest BCUT2D eigenvalue weighted by molar-refractivity contribution is 0.179. The van der Waals surface area contributed by atoms with Gasteiger partial charge in [0.1, 0.15) is 11.6 Å². The van der Waals surface area contributed by atoms with Gasteiger partial charge in [0.25, 0.3) is 0 Å². The number of aryl methyl sites for hydroxylation is 1. The highest BCUT2D eigenvalue weighted by Gasteiger charge is 2.30. The van der Waals surface area contributed by atoms with E-state index in [9.17, 15) is 4.79 Å². The molecule has 7 nitrogen and oxygen atoms in total. The molecule has 1 N–H and O–H groups in total. The van der Waals surface area contributed by atoms with E-state index in [0.29, 0.717) is 12.6 Å². The molecule has 4 rings (SSSR count). The average molecular weight is 355 g/mol. The van der Waals surface area contributed by atoms with Crippen molar-refractivity contribution in [3.8, 4) is 0 Å². The molecule has 0 aliphatic carbocycles. The summed E-state index contributed by atoms with van der Waals surface area (Å²) < 4.78 is 9.42. The molecule has 25 heavy (non-hydrogen) atoms. The van der Waals surface area contributed by atoms with Crippen LogP contribution in [0.1, 0.15) is 18.2 Å². The summed E-state index contributed by atoms with van der Waals surface area (Å²) in [6.45, 7) is 6.34. The van der Waals surface area contributed by atoms with E-state index in [1.54, 1.807) is 11.1 Å². The van der Waals surface area contributed by atoms with Crippen LogP contribution in [0.3, 0.4) is 0 Å². The topological polar surface area (TPSA) is 80.2 Å². The number of ether oxygens (including phenoxy) is 1. The Bertz CT molecular complexity index is 971. The molecular weight excluding hydrogens is 338 g/mol. The van der Waals surface area contributed by atoms with Crippen LogP contribution in [0.15, 0.2) is 24.4 Å². The van der Waals surface area contributed by atoms with Gasteiger partial charge < -0.3 is 10.1 Å². The Hall–Kier alpha value is -2.74. The summed E-state index contributed by atoms with van der Waals surface area (Å²) in [4.78, 5) is 22.5. The first-order valence-electron chi connectivity index (χ1n) is 7.95. The van der Waals surface area contributed by atoms with E-state index in [2.05, 4.69) is 19.7 Å². The smallest absolute Gasteiger partial charge is 0.414 e. The van der Waals surface area contributed by atoms with E-state index in [-0.39, 0.29) is 12.1 Å². The standard InChI is InChI=1S/C17H17N5O2S/c1-9-8-24-17(23)22(9)13-5-4-12-7-18-16(19-14(12)6-13)20-15-10(2)11(3)21-25-15/h4-7,9H,8H2,1-3H3,(H,18,19,20)/t9-/m0/s1. The Kier molecular flexibility index (Phi) is 3.76. The SMILES string of the molecule is Cc1nsc(Nc2ncc3ccc(N4C(=O)OC[C@@H]4C)cc3n2)c1C. The fourth-order valence-corrected chi connectivity index (χ4v) is 3.52. The molecule has 2 aromatic heterocycles. The molecule has 0 spiro atoms. The van der Waals surface area contributed by atoms with Gasteiger partial charge in [-0.15, -0.1) is 0 Å². The molecular formula is C17H17N5O2S. The number of carbonyl (C=O) groups is 1. The number of amides is 1. The van der Waals surface area contributed by atoms with Crippen LogP contribution in [0.25, 0.3) is 10.9 Å². The van der Waals surface area contributed by atoms with Gasteiger partial charge in [-0.3, -0.25) is 4.90 Å². The van der Waals surface area contributed by atoms with E-state index in [0.717, 1.165) is 32.8 Å². The summed E-state index contributed by atoms with van der Waals surface area (Å²) >= 11 is 1.39. The molecule has 0 saturated carbocycles. The maximum atomic E-state index is 11.9. The molecule has 1 aliphatic heterocycles. The van der Waals surface area contributed by atoms with Gasteiger partial charge >= 0.3 is 6.09 Å². The maximum Gasteiger partial charge on any atom is 0.414 e. The minimum absolute atomic E-state index is 0.00667. The molecule has 1 fully saturated rings. The quantitative estimate of drug-likeness (QED) is 0.770. The predicted molar refractivity (Wildman–Crippen MR) is 97.7 cm³/mol. The number of cyclic esters (lactones) is 1. The van der Waals surface area contributed by atoms with Crippen molar-refractivity contribution in [3.05, 3.63) is 35.7 Å². The van der Waals surface area contributed by atoms with Gasteiger partial charge in [-0.1, -0.05) is 0 Å². The van der Waals surface area contributed by atoms with Gasteiger partial charge in [0.05, 0.1) is 17.3 Å². The summed E-state index contributed by atoms with van der Waals surface area (Å²) in [7, 11) is 0. The molecule has 8 heteroatoms. The minimum Gasteiger partial charge on any atom is -0.447 e. The van der Waals surface area contributed by atoms with Crippen LogP contribution in [0.4, 0.5) is 21.4 Å². The van der Waals surface area contributed by atoms with Crippen molar-refractivity contribution in [1.82, 2.24) is 14.3 Å². The van der Waals surface area contributed by atoms with E-state index >= 15 is 0 Å². The normalized spacial score (nSPS) is 17.2. The molecule has 0 radical (unpaired) electrons. The second-order valence-corrected chi connectivity index (χ2v) is 6.85. The summed E-state index contributed by atoms with van der Waals surface area (Å²) in [5.74, 6) is 0.508. The van der Waals surface area contributed by atoms with Crippen molar-refractivity contribution >= 4 is 45.2 Å². The predicted octanol–water partition coefficient (Wildman–Crippen LogP) is 3.79. The number of hydrogen-bond acceptors (Lipinski definition) is 7. The molecule has 0 unspecified atom stereocenters. The minimum atomic E-state index is -0.324. The Morgan fingerprint density at radius 2 is 2.20 bits per heavy atom. The fourth-order valence-electron chi connectivity index (χ4n) is 2.73. The van der Waals surface area contributed by atoms with E-state index in [4.69, 9.17) is 4.74 Å². The van der Waals surface area contributed by atoms with Crippen molar-refractivity contribution in [2.24, 2.45) is 0 Å². The third-order valence-corrected chi connectivity index (χ3v) is 5.27. The first kappa shape index (κ1) is 15.8. The zero-order valence-corrected chi connectivity index (χ0v) is 14.9. The molecule has 128 valence electrons. The van der Waals surface area contributed by atoms with Crippen molar-refractivity contribution in [2.45, 2.75) is 26.8 Å². The molecule has 0 bridgehead atoms. The Labute approximate surface area is 148 Å². The summed E-state index contributed by atoms with van der Waals surface area (Å²) in [6, 6.07) is 5.69. The maximum absolute atomic E-state index is 11.9. The number of carbonyl (C=O) groups excluding carboxylic acids is 1. The molecule has 1 saturated heterocycles. The summed E-state index contributed by atoms with van der Waals surface area (Å²) in [5.41, 5.74) is 3.63. The van der Waals surface area contributed by atoms with Crippen molar-refractivity contribution in [2.75, 3.05) is 16.8 Å². The van der Waals surface area contributed by atoms with Crippen LogP contribution < -0.4 is 10.2 Å². The van der Waals surface area contributed by atoms with E-state index < -0.39 is 0 Å². The third-order valence-electron chi connectivity index (χ3n) is 4.31. The first-order chi connectivity index (χ1) is 12.0. The molecule has 1 atom stereocenters. The third kappa shape index (κ3) is 2.78. The van der Waals surface area contributed by atoms with Crippen LogP contribution in [-0.4, -0.2) is 33.1 Å². The van der Waals surface area contributed by atoms with Crippen LogP contribution >= 0.6 is 11.5 Å². The number of nitrogens with zero attached hydrogens (tertiary/aromatic N) is 4. The number of nitrogens with one attached hydrogen (secondary N) is 1. The molecule has 1 amide bonds. The van der Waals surface area contributed by atoms with Gasteiger partial charge in [-0.2, -0.15) is 4.37 Å². The largest absolute Gasteiger partial charge is 0.447 e. The second kappa shape index (κ2) is 5.96. The lowest BCUT2D eigenvalue weighted by Crippen LogP contribution is -2.30. The highest BCUT2D eigenvalue weighted by molar-refractivity contribution is 7.10. The number of hydrogen-bond donors (Lipinski definition) is 1. The average Bonchev–Trinajstić information content (AvgIpc) is 3.10. The molecule has 3 aromatic rings. The van der Waals surface area contributed by atoms with Crippen molar-refractivity contribution in [1.29, 1.82) is 0 Å². The Morgan fingerprint density at radius 1 is 1.36 bits per heavy atom. The van der Waals surface area contributed by atoms with E-state index in [1.165, 1.54) is 11.5 Å². The fraction of sp³-hybridized carbons (Fsp3) is 0.294. The van der Waals surface area contributed by atoms with E-state index in [1.807, 2.05) is 39.0 Å². The molecule has 3 heterocycles. The highest BCUT2D eigenvalue weighted by Crippen LogP contribution is 2.28. The number of anilines is 3. The summed E-state index contributed by atoms with van der Waals surface area (Å²) in [5, 5.41) is 5.06. The monoisotopic (exact) mass is 355 g/mol. The van der Waals surface area contributed by atoms with Gasteiger partial charge in [-0.05, 0) is 50.5 Å². The van der Waals surface area contributed by atoms with Crippen LogP contribution in [0.2, 0.25) is 0 Å². The van der Waals surface area contributed by atoms with Crippen LogP contribution in [-0.2, 0) is 4.74 Å². The zero-order chi connectivity index (χ0) is 17.6. The van der Waals surface area contributed by atoms with Gasteiger partial charge in [0, 0.05) is 22.8 Å². The van der Waals surface area contributed by atoms with Gasteiger partial charge in [0.15, 0.2) is 0 Å². The first-order valence-corrected chi connectivity index (χ1v) is 8.73. The number of fused-ring (bicyclic) bond motifs is 1. The van der Waals surface area contributed by atoms with Crippen molar-refractivity contribution < 1.29 is 9.53 Å². The molecule has 1 aromatic carbocycles. The number of benzene rings is 1. The highest BCUT2D eigenvalue weighted by atomic mass is 32.1. The van der Waals surface area contributed by atoms with Crippen molar-refractivity contribution in [3.63, 3.8) is 0 Å². The Morgan fingerprint density at radius 3 is 2.88 bits per heavy atom. The zero-order valence-electron chi connectivity index (χ0n) is 14.1. The van der Waals surface area contributed by atoms with Crippen LogP contribution in [0, 0.1) is 13.8 Å². The Balaban J connectivity index is 1.69.